The monoisotopic (exact) mass is 950 g/mol. The van der Waals surface area contributed by atoms with Crippen molar-refractivity contribution < 1.29 is 37.3 Å². The van der Waals surface area contributed by atoms with Crippen LogP contribution in [0.5, 0.6) is 0 Å². The minimum Gasteiger partial charge on any atom is -0.756 e. The van der Waals surface area contributed by atoms with Crippen LogP contribution >= 0.6 is 7.82 Å². The predicted molar refractivity (Wildman–Crippen MR) is 286 cm³/mol. The molecule has 0 N–H and O–H groups in total. The standard InChI is InChI=1S/C58H96NO7P/c1-6-8-10-12-14-16-18-20-22-24-26-28-29-30-32-34-36-38-40-42-44-46-48-50-53-63-55-57(56-65-67(61,62)64-54-52-59(3,4)5)66-58(60)51-49-47-45-43-41-39-37-35-33-31-27-25-23-21-19-17-15-13-11-9-7-2/h8-11,14-17,20-23,26-28,30-32,36,38,42,44,57H,6-7,12-13,18-19,24-25,29,33-35,37,39-41,43,45-56H2,1-5H3/b10-8-,11-9-,16-14-,17-15-,22-20-,23-21-,28-26-,31-27-,32-30-,38-36-,44-42-. The van der Waals surface area contributed by atoms with Crippen molar-refractivity contribution in [2.75, 3.05) is 54.1 Å². The fourth-order valence-corrected chi connectivity index (χ4v) is 7.01. The minimum atomic E-state index is -4.56. The summed E-state index contributed by atoms with van der Waals surface area (Å²) >= 11 is 0. The van der Waals surface area contributed by atoms with Gasteiger partial charge in [0.05, 0.1) is 34.4 Å². The van der Waals surface area contributed by atoms with Crippen molar-refractivity contribution in [1.82, 2.24) is 0 Å². The molecule has 67 heavy (non-hydrogen) atoms. The Balaban J connectivity index is 4.30. The third kappa shape index (κ3) is 53.5. The molecule has 0 aliphatic heterocycles. The number of allylic oxidation sites excluding steroid dienone is 22. The Kier molecular flexibility index (Phi) is 46.6. The van der Waals surface area contributed by atoms with Crippen molar-refractivity contribution in [2.45, 2.75) is 174 Å². The highest BCUT2D eigenvalue weighted by Crippen LogP contribution is 2.38. The molecule has 0 spiro atoms. The lowest BCUT2D eigenvalue weighted by molar-refractivity contribution is -0.870. The second-order valence-corrected chi connectivity index (χ2v) is 19.2. The van der Waals surface area contributed by atoms with Crippen molar-refractivity contribution in [3.8, 4) is 0 Å². The first-order valence-electron chi connectivity index (χ1n) is 25.9. The lowest BCUT2D eigenvalue weighted by Crippen LogP contribution is -2.37. The van der Waals surface area contributed by atoms with E-state index in [1.54, 1.807) is 0 Å². The molecule has 0 fully saturated rings. The van der Waals surface area contributed by atoms with E-state index in [1.165, 1.54) is 25.7 Å². The average molecular weight is 950 g/mol. The summed E-state index contributed by atoms with van der Waals surface area (Å²) in [5, 5.41) is 0. The molecule has 2 atom stereocenters. The van der Waals surface area contributed by atoms with Gasteiger partial charge in [-0.15, -0.1) is 0 Å². The third-order valence-corrected chi connectivity index (χ3v) is 11.2. The fraction of sp³-hybridized carbons (Fsp3) is 0.603. The van der Waals surface area contributed by atoms with Gasteiger partial charge in [-0.2, -0.15) is 0 Å². The van der Waals surface area contributed by atoms with E-state index in [-0.39, 0.29) is 32.2 Å². The molecule has 0 aromatic carbocycles. The number of nitrogens with zero attached hydrogens (tertiary/aromatic N) is 1. The van der Waals surface area contributed by atoms with Gasteiger partial charge < -0.3 is 27.9 Å². The molecule has 0 aliphatic carbocycles. The SMILES string of the molecule is CC/C=C\C/C=C\C/C=C\C/C=C\C/C=C\C/C=C\C/C=C\CCCCOCC(COP(=O)([O-])OCC[N+](C)(C)C)OC(=O)CCCCCCCCCC/C=C\C/C=C\C/C=C\C/C=C\CC. The van der Waals surface area contributed by atoms with Gasteiger partial charge in [0.25, 0.3) is 7.82 Å². The predicted octanol–water partition coefficient (Wildman–Crippen LogP) is 15.6. The summed E-state index contributed by atoms with van der Waals surface area (Å²) in [6.07, 6.45) is 72.0. The highest BCUT2D eigenvalue weighted by molar-refractivity contribution is 7.45. The zero-order valence-electron chi connectivity index (χ0n) is 43.0. The number of phosphoric ester groups is 1. The maximum Gasteiger partial charge on any atom is 0.306 e. The van der Waals surface area contributed by atoms with E-state index in [9.17, 15) is 14.3 Å². The van der Waals surface area contributed by atoms with Crippen LogP contribution in [0, 0.1) is 0 Å². The Hall–Kier alpha value is -3.36. The van der Waals surface area contributed by atoms with Gasteiger partial charge in [-0.3, -0.25) is 9.36 Å². The van der Waals surface area contributed by atoms with Crippen LogP contribution < -0.4 is 4.89 Å². The number of hydrogen-bond acceptors (Lipinski definition) is 7. The van der Waals surface area contributed by atoms with Gasteiger partial charge >= 0.3 is 5.97 Å². The number of quaternary nitrogens is 1. The Bertz CT molecular complexity index is 1520. The van der Waals surface area contributed by atoms with Gasteiger partial charge in [-0.1, -0.05) is 186 Å². The summed E-state index contributed by atoms with van der Waals surface area (Å²) in [6, 6.07) is 0. The number of phosphoric acid groups is 1. The smallest absolute Gasteiger partial charge is 0.306 e. The van der Waals surface area contributed by atoms with E-state index in [0.29, 0.717) is 17.6 Å². The van der Waals surface area contributed by atoms with E-state index < -0.39 is 13.9 Å². The Morgan fingerprint density at radius 3 is 1.22 bits per heavy atom. The first-order chi connectivity index (χ1) is 32.6. The molecule has 380 valence electrons. The van der Waals surface area contributed by atoms with Crippen molar-refractivity contribution in [1.29, 1.82) is 0 Å². The van der Waals surface area contributed by atoms with Gasteiger partial charge in [-0.05, 0) is 109 Å². The molecule has 2 unspecified atom stereocenters. The van der Waals surface area contributed by atoms with Gasteiger partial charge in [0.2, 0.25) is 0 Å². The molecule has 0 bridgehead atoms. The molecular weight excluding hydrogens is 854 g/mol. The van der Waals surface area contributed by atoms with Crippen LogP contribution in [-0.4, -0.2) is 70.7 Å². The Morgan fingerprint density at radius 2 is 0.821 bits per heavy atom. The molecule has 0 saturated heterocycles. The number of hydrogen-bond donors (Lipinski definition) is 0. The zero-order valence-corrected chi connectivity index (χ0v) is 43.9. The number of esters is 1. The number of rotatable bonds is 46. The number of carbonyl (C=O) groups is 1. The number of unbranched alkanes of at least 4 members (excludes halogenated alkanes) is 10. The first kappa shape index (κ1) is 63.6. The topological polar surface area (TPSA) is 94.1 Å². The summed E-state index contributed by atoms with van der Waals surface area (Å²) < 4.78 is 34.7. The van der Waals surface area contributed by atoms with Crippen LogP contribution in [0.4, 0.5) is 0 Å². The maximum atomic E-state index is 12.8. The number of ether oxygens (including phenoxy) is 2. The molecule has 8 nitrogen and oxygen atoms in total. The highest BCUT2D eigenvalue weighted by Gasteiger charge is 2.20. The van der Waals surface area contributed by atoms with Gasteiger partial charge in [-0.25, -0.2) is 0 Å². The molecule has 9 heteroatoms. The fourth-order valence-electron chi connectivity index (χ4n) is 6.28. The second-order valence-electron chi connectivity index (χ2n) is 17.8. The molecule has 0 rings (SSSR count). The van der Waals surface area contributed by atoms with E-state index in [4.69, 9.17) is 18.5 Å². The van der Waals surface area contributed by atoms with Crippen LogP contribution in [0.25, 0.3) is 0 Å². The summed E-state index contributed by atoms with van der Waals surface area (Å²) in [6.45, 7) is 5.02. The van der Waals surface area contributed by atoms with E-state index in [2.05, 4.69) is 148 Å². The molecule has 0 radical (unpaired) electrons. The largest absolute Gasteiger partial charge is 0.756 e. The van der Waals surface area contributed by atoms with Crippen LogP contribution in [-0.2, 0) is 27.9 Å². The Labute approximate surface area is 411 Å². The van der Waals surface area contributed by atoms with Crippen molar-refractivity contribution >= 4 is 13.8 Å². The summed E-state index contributed by atoms with van der Waals surface area (Å²) in [7, 11) is 1.30. The summed E-state index contributed by atoms with van der Waals surface area (Å²) in [5.74, 6) is -0.364. The van der Waals surface area contributed by atoms with Crippen LogP contribution in [0.3, 0.4) is 0 Å². The van der Waals surface area contributed by atoms with Gasteiger partial charge in [0.15, 0.2) is 0 Å². The summed E-state index contributed by atoms with van der Waals surface area (Å²) in [5.41, 5.74) is 0. The van der Waals surface area contributed by atoms with E-state index in [0.717, 1.165) is 122 Å². The van der Waals surface area contributed by atoms with Gasteiger partial charge in [0, 0.05) is 13.0 Å². The quantitative estimate of drug-likeness (QED) is 0.0197. The summed E-state index contributed by atoms with van der Waals surface area (Å²) in [4.78, 5) is 25.2. The molecule has 0 aliphatic rings. The average Bonchev–Trinajstić information content (AvgIpc) is 3.29. The molecule has 0 heterocycles. The van der Waals surface area contributed by atoms with Crippen molar-refractivity contribution in [2.24, 2.45) is 0 Å². The molecule has 0 saturated carbocycles. The minimum absolute atomic E-state index is 0.00704. The molecule has 0 amide bonds. The zero-order chi connectivity index (χ0) is 49.0. The Morgan fingerprint density at radius 1 is 0.463 bits per heavy atom. The number of likely N-dealkylation sites (N-methyl/N-ethyl adjacent to an activating group) is 1. The van der Waals surface area contributed by atoms with E-state index in [1.807, 2.05) is 21.1 Å². The lowest BCUT2D eigenvalue weighted by Gasteiger charge is -2.28. The van der Waals surface area contributed by atoms with E-state index >= 15 is 0 Å². The van der Waals surface area contributed by atoms with Crippen LogP contribution in [0.1, 0.15) is 168 Å². The van der Waals surface area contributed by atoms with Crippen LogP contribution in [0.15, 0.2) is 134 Å². The normalized spacial score (nSPS) is 14.7. The molecular formula is C58H96NO7P. The lowest BCUT2D eigenvalue weighted by atomic mass is 10.1. The van der Waals surface area contributed by atoms with Crippen LogP contribution in [0.2, 0.25) is 0 Å². The second kappa shape index (κ2) is 49.1. The van der Waals surface area contributed by atoms with Crippen molar-refractivity contribution in [3.63, 3.8) is 0 Å². The van der Waals surface area contributed by atoms with Gasteiger partial charge in [0.1, 0.15) is 19.3 Å². The highest BCUT2D eigenvalue weighted by atomic mass is 31.2. The van der Waals surface area contributed by atoms with Crippen molar-refractivity contribution in [3.05, 3.63) is 134 Å². The first-order valence-corrected chi connectivity index (χ1v) is 27.4. The third-order valence-electron chi connectivity index (χ3n) is 10.2. The molecule has 0 aromatic heterocycles. The number of carbonyl (C=O) groups excluding carboxylic acids is 1. The maximum absolute atomic E-state index is 12.8. The molecule has 0 aromatic rings.